The number of hydrogen-bond acceptors (Lipinski definition) is 6. The van der Waals surface area contributed by atoms with E-state index in [1.807, 2.05) is 55.5 Å². The molecule has 9 nitrogen and oxygen atoms in total. The molecule has 1 aliphatic rings. The van der Waals surface area contributed by atoms with Crippen molar-refractivity contribution in [3.63, 3.8) is 0 Å². The topological polar surface area (TPSA) is 98.6 Å². The highest BCUT2D eigenvalue weighted by Crippen LogP contribution is 2.38. The second-order valence-electron chi connectivity index (χ2n) is 10.3. The Hall–Kier alpha value is -4.40. The van der Waals surface area contributed by atoms with Crippen molar-refractivity contribution in [1.29, 1.82) is 0 Å². The number of aryl methyl sites for hydroxylation is 1. The summed E-state index contributed by atoms with van der Waals surface area (Å²) < 4.78 is 12.5. The second kappa shape index (κ2) is 11.8. The van der Waals surface area contributed by atoms with Crippen molar-refractivity contribution in [1.82, 2.24) is 19.9 Å². The minimum absolute atomic E-state index is 0.0206. The van der Waals surface area contributed by atoms with Gasteiger partial charge in [-0.3, -0.25) is 9.59 Å². The van der Waals surface area contributed by atoms with Crippen LogP contribution in [-0.4, -0.2) is 51.5 Å². The van der Waals surface area contributed by atoms with E-state index < -0.39 is 5.54 Å². The maximum Gasteiger partial charge on any atom is 0.250 e. The molecule has 0 saturated heterocycles. The van der Waals surface area contributed by atoms with E-state index in [-0.39, 0.29) is 18.4 Å². The number of hydrogen-bond donors (Lipinski definition) is 1. The van der Waals surface area contributed by atoms with Crippen LogP contribution in [0.2, 0.25) is 0 Å². The van der Waals surface area contributed by atoms with E-state index in [2.05, 4.69) is 15.6 Å². The highest BCUT2D eigenvalue weighted by atomic mass is 16.5. The molecule has 1 N–H and O–H groups in total. The lowest BCUT2D eigenvalue weighted by Gasteiger charge is -2.45. The van der Waals surface area contributed by atoms with Gasteiger partial charge < -0.3 is 19.7 Å². The first-order valence-corrected chi connectivity index (χ1v) is 13.6. The first kappa shape index (κ1) is 27.2. The number of carbonyl (C=O) groups excluding carboxylic acids is 2. The molecular formula is C31H35N5O4. The molecule has 0 unspecified atom stereocenters. The van der Waals surface area contributed by atoms with Crippen molar-refractivity contribution in [3.05, 3.63) is 77.9 Å². The fourth-order valence-corrected chi connectivity index (χ4v) is 5.50. The van der Waals surface area contributed by atoms with E-state index in [1.165, 1.54) is 0 Å². The molecule has 0 atom stereocenters. The zero-order valence-corrected chi connectivity index (χ0v) is 23.2. The molecule has 0 spiro atoms. The number of amides is 2. The van der Waals surface area contributed by atoms with E-state index in [4.69, 9.17) is 9.47 Å². The Kier molecular flexibility index (Phi) is 8.00. The Balaban J connectivity index is 1.52. The van der Waals surface area contributed by atoms with Gasteiger partial charge >= 0.3 is 0 Å². The molecule has 0 aliphatic heterocycles. The van der Waals surface area contributed by atoms with Gasteiger partial charge in [0.05, 0.1) is 25.4 Å². The van der Waals surface area contributed by atoms with Crippen molar-refractivity contribution >= 4 is 28.5 Å². The number of para-hydroxylation sites is 1. The van der Waals surface area contributed by atoms with Crippen LogP contribution in [0.1, 0.15) is 43.2 Å². The van der Waals surface area contributed by atoms with Crippen LogP contribution in [0.3, 0.4) is 0 Å². The minimum atomic E-state index is -1.04. The first-order valence-electron chi connectivity index (χ1n) is 13.6. The predicted molar refractivity (Wildman–Crippen MR) is 153 cm³/mol. The Labute approximate surface area is 234 Å². The summed E-state index contributed by atoms with van der Waals surface area (Å²) in [5, 5.41) is 11.6. The maximum absolute atomic E-state index is 14.3. The maximum atomic E-state index is 14.3. The van der Waals surface area contributed by atoms with Gasteiger partial charge in [-0.25, -0.2) is 4.68 Å². The molecule has 1 aliphatic carbocycles. The first-order chi connectivity index (χ1) is 19.4. The lowest BCUT2D eigenvalue weighted by Crippen LogP contribution is -2.60. The number of fused-ring (bicyclic) bond motifs is 1. The van der Waals surface area contributed by atoms with Gasteiger partial charge in [-0.05, 0) is 49.6 Å². The molecule has 0 radical (unpaired) electrons. The largest absolute Gasteiger partial charge is 0.497 e. The molecule has 1 saturated carbocycles. The lowest BCUT2D eigenvalue weighted by molar-refractivity contribution is -0.149. The van der Waals surface area contributed by atoms with Crippen molar-refractivity contribution in [2.24, 2.45) is 0 Å². The van der Waals surface area contributed by atoms with Gasteiger partial charge in [0.15, 0.2) is 0 Å². The molecule has 1 fully saturated rings. The van der Waals surface area contributed by atoms with Gasteiger partial charge in [0.1, 0.15) is 29.1 Å². The summed E-state index contributed by atoms with van der Waals surface area (Å²) in [7, 11) is 3.13. The summed E-state index contributed by atoms with van der Waals surface area (Å²) in [6, 6.07) is 20.9. The van der Waals surface area contributed by atoms with Crippen LogP contribution in [0.25, 0.3) is 11.0 Å². The van der Waals surface area contributed by atoms with Crippen LogP contribution < -0.4 is 14.8 Å². The summed E-state index contributed by atoms with van der Waals surface area (Å²) in [5.41, 5.74) is 3.08. The number of rotatable bonds is 9. The smallest absolute Gasteiger partial charge is 0.250 e. The minimum Gasteiger partial charge on any atom is -0.497 e. The molecule has 208 valence electrons. The summed E-state index contributed by atoms with van der Waals surface area (Å²) in [6.45, 7) is 2.31. The average Bonchev–Trinajstić information content (AvgIpc) is 3.39. The summed E-state index contributed by atoms with van der Waals surface area (Å²) in [5.74, 6) is 0.706. The van der Waals surface area contributed by atoms with E-state index in [9.17, 15) is 9.59 Å². The molecule has 1 heterocycles. The summed E-state index contributed by atoms with van der Waals surface area (Å²) in [6.07, 6.45) is 3.83. The van der Waals surface area contributed by atoms with Gasteiger partial charge in [0.25, 0.3) is 0 Å². The highest BCUT2D eigenvalue weighted by molar-refractivity contribution is 6.01. The fraction of sp³-hybridized carbons (Fsp3) is 0.355. The normalized spacial score (nSPS) is 14.5. The van der Waals surface area contributed by atoms with E-state index in [0.29, 0.717) is 36.6 Å². The van der Waals surface area contributed by atoms with Crippen molar-refractivity contribution in [3.8, 4) is 11.5 Å². The number of carbonyl (C=O) groups is 2. The third-order valence-electron chi connectivity index (χ3n) is 7.74. The molecule has 1 aromatic heterocycles. The Morgan fingerprint density at radius 2 is 1.73 bits per heavy atom. The molecule has 5 rings (SSSR count). The average molecular weight is 542 g/mol. The number of aromatic nitrogens is 3. The quantitative estimate of drug-likeness (QED) is 0.316. The molecule has 9 heteroatoms. The summed E-state index contributed by atoms with van der Waals surface area (Å²) >= 11 is 0. The zero-order chi connectivity index (χ0) is 28.1. The van der Waals surface area contributed by atoms with Crippen LogP contribution in [0, 0.1) is 6.92 Å². The van der Waals surface area contributed by atoms with Gasteiger partial charge in [0.2, 0.25) is 11.8 Å². The number of nitrogens with zero attached hydrogens (tertiary/aromatic N) is 4. The van der Waals surface area contributed by atoms with Crippen LogP contribution >= 0.6 is 0 Å². The third-order valence-corrected chi connectivity index (χ3v) is 7.74. The van der Waals surface area contributed by atoms with Gasteiger partial charge in [0, 0.05) is 12.6 Å². The van der Waals surface area contributed by atoms with E-state index in [0.717, 1.165) is 41.4 Å². The third kappa shape index (κ3) is 5.50. The molecule has 3 aromatic carbocycles. The number of methoxy groups -OCH3 is 2. The highest BCUT2D eigenvalue weighted by Gasteiger charge is 2.47. The predicted octanol–water partition coefficient (Wildman–Crippen LogP) is 5.13. The van der Waals surface area contributed by atoms with Crippen LogP contribution in [0.5, 0.6) is 11.5 Å². The van der Waals surface area contributed by atoms with Crippen LogP contribution in [0.4, 0.5) is 5.69 Å². The molecule has 4 aromatic rings. The zero-order valence-electron chi connectivity index (χ0n) is 23.2. The van der Waals surface area contributed by atoms with Crippen LogP contribution in [0.15, 0.2) is 66.7 Å². The van der Waals surface area contributed by atoms with Crippen molar-refractivity contribution in [2.45, 2.75) is 57.7 Å². The molecular weight excluding hydrogens is 506 g/mol. The van der Waals surface area contributed by atoms with Crippen molar-refractivity contribution < 1.29 is 19.1 Å². The second-order valence-corrected chi connectivity index (χ2v) is 10.3. The molecule has 0 bridgehead atoms. The summed E-state index contributed by atoms with van der Waals surface area (Å²) in [4.78, 5) is 30.3. The van der Waals surface area contributed by atoms with Gasteiger partial charge in [-0.1, -0.05) is 66.4 Å². The number of nitrogens with one attached hydrogen (secondary N) is 1. The molecule has 2 amide bonds. The SMILES string of the molecule is COc1ccc(NC(=O)C2(N(Cc3ccc(C)cc3)C(=O)Cn3nnc4ccccc43)CCCCC2)c(OC)c1. The monoisotopic (exact) mass is 541 g/mol. The van der Waals surface area contributed by atoms with E-state index in [1.54, 1.807) is 42.0 Å². The number of ether oxygens (including phenoxy) is 2. The van der Waals surface area contributed by atoms with Gasteiger partial charge in [-0.2, -0.15) is 0 Å². The number of benzene rings is 3. The molecule has 40 heavy (non-hydrogen) atoms. The van der Waals surface area contributed by atoms with Crippen molar-refractivity contribution in [2.75, 3.05) is 19.5 Å². The van der Waals surface area contributed by atoms with Crippen LogP contribution in [-0.2, 0) is 22.7 Å². The Morgan fingerprint density at radius 3 is 2.45 bits per heavy atom. The van der Waals surface area contributed by atoms with Gasteiger partial charge in [-0.15, -0.1) is 5.10 Å². The fourth-order valence-electron chi connectivity index (χ4n) is 5.50. The number of anilines is 1. The lowest BCUT2D eigenvalue weighted by atomic mass is 9.78. The van der Waals surface area contributed by atoms with E-state index >= 15 is 0 Å². The Bertz CT molecular complexity index is 1490. The Morgan fingerprint density at radius 1 is 0.975 bits per heavy atom. The standard InChI is InChI=1S/C31H35N5O4/c1-22-11-13-23(14-12-22)20-35(29(37)21-36-27-10-6-5-9-25(27)33-34-36)31(17-7-4-8-18-31)30(38)32-26-16-15-24(39-2)19-28(26)40-3/h5-6,9-16,19H,4,7-8,17-18,20-21H2,1-3H3,(H,32,38).